The summed E-state index contributed by atoms with van der Waals surface area (Å²) in [5.74, 6) is 2.60. The SMILES string of the molecule is CO[C@@H]1C[C@H]2CN(c3cc(N)nc(SC)n3)C[C@H]2C[C@H]1n1cc(CN(C)C)nn1. The number of fused-ring (bicyclic) bond motifs is 1. The molecule has 29 heavy (non-hydrogen) atoms. The number of anilines is 2. The summed E-state index contributed by atoms with van der Waals surface area (Å²) in [6.07, 6.45) is 6.22. The lowest BCUT2D eigenvalue weighted by molar-refractivity contribution is -0.00543. The molecule has 2 fully saturated rings. The molecule has 1 saturated heterocycles. The van der Waals surface area contributed by atoms with Gasteiger partial charge in [0.15, 0.2) is 5.16 Å². The van der Waals surface area contributed by atoms with E-state index in [4.69, 9.17) is 10.5 Å². The number of rotatable bonds is 6. The van der Waals surface area contributed by atoms with Gasteiger partial charge in [-0.1, -0.05) is 17.0 Å². The molecule has 158 valence electrons. The summed E-state index contributed by atoms with van der Waals surface area (Å²) in [6.45, 7) is 2.74. The smallest absolute Gasteiger partial charge is 0.191 e. The minimum absolute atomic E-state index is 0.141. The predicted molar refractivity (Wildman–Crippen MR) is 114 cm³/mol. The third-order valence-electron chi connectivity index (χ3n) is 5.98. The standard InChI is InChI=1S/C19H30N8OS/c1-25(2)10-14-11-27(24-23-14)15-5-12-8-26(9-13(12)6-16(15)28-3)18-7-17(20)21-19(22-18)29-4/h7,11-13,15-16H,5-6,8-10H2,1-4H3,(H2,20,21,22)/t12-,13+,15-,16-/m1/s1. The molecule has 1 saturated carbocycles. The molecule has 10 heteroatoms. The van der Waals surface area contributed by atoms with Crippen LogP contribution in [0.3, 0.4) is 0 Å². The van der Waals surface area contributed by atoms with Crippen LogP contribution in [0, 0.1) is 11.8 Å². The minimum Gasteiger partial charge on any atom is -0.383 e. The van der Waals surface area contributed by atoms with Gasteiger partial charge in [0, 0.05) is 32.8 Å². The normalized spacial score (nSPS) is 26.9. The van der Waals surface area contributed by atoms with Gasteiger partial charge in [-0.15, -0.1) is 5.10 Å². The van der Waals surface area contributed by atoms with Gasteiger partial charge in [-0.05, 0) is 45.0 Å². The molecule has 2 aromatic rings. The topological polar surface area (TPSA) is 98.2 Å². The van der Waals surface area contributed by atoms with Crippen LogP contribution < -0.4 is 10.6 Å². The lowest BCUT2D eigenvalue weighted by Gasteiger charge is -2.36. The Morgan fingerprint density at radius 2 is 2.00 bits per heavy atom. The molecule has 0 amide bonds. The summed E-state index contributed by atoms with van der Waals surface area (Å²) in [5.41, 5.74) is 6.98. The Bertz CT molecular complexity index is 843. The molecule has 9 nitrogen and oxygen atoms in total. The molecular formula is C19H30N8OS. The van der Waals surface area contributed by atoms with E-state index in [2.05, 4.69) is 36.3 Å². The highest BCUT2D eigenvalue weighted by Gasteiger charge is 2.44. The molecule has 0 aromatic carbocycles. The Morgan fingerprint density at radius 1 is 1.24 bits per heavy atom. The van der Waals surface area contributed by atoms with Crippen molar-refractivity contribution in [3.8, 4) is 0 Å². The first-order valence-electron chi connectivity index (χ1n) is 9.98. The first-order valence-corrected chi connectivity index (χ1v) is 11.2. The zero-order valence-corrected chi connectivity index (χ0v) is 18.3. The van der Waals surface area contributed by atoms with E-state index in [9.17, 15) is 0 Å². The molecule has 3 heterocycles. The highest BCUT2D eigenvalue weighted by molar-refractivity contribution is 7.98. The second-order valence-corrected chi connectivity index (χ2v) is 9.08. The van der Waals surface area contributed by atoms with Crippen molar-refractivity contribution in [2.24, 2.45) is 11.8 Å². The fourth-order valence-corrected chi connectivity index (χ4v) is 5.05. The summed E-state index contributed by atoms with van der Waals surface area (Å²) < 4.78 is 7.90. The van der Waals surface area contributed by atoms with Crippen LogP contribution in [0.4, 0.5) is 11.6 Å². The van der Waals surface area contributed by atoms with Gasteiger partial charge in [0.25, 0.3) is 0 Å². The lowest BCUT2D eigenvalue weighted by atomic mass is 9.77. The summed E-state index contributed by atoms with van der Waals surface area (Å²) in [5, 5.41) is 9.49. The van der Waals surface area contributed by atoms with Gasteiger partial charge in [-0.2, -0.15) is 0 Å². The Kier molecular flexibility index (Phi) is 5.93. The largest absolute Gasteiger partial charge is 0.383 e. The van der Waals surface area contributed by atoms with Crippen LogP contribution >= 0.6 is 11.8 Å². The van der Waals surface area contributed by atoms with E-state index < -0.39 is 0 Å². The van der Waals surface area contributed by atoms with Gasteiger partial charge < -0.3 is 20.3 Å². The quantitative estimate of drug-likeness (QED) is 0.553. The summed E-state index contributed by atoms with van der Waals surface area (Å²) in [4.78, 5) is 13.4. The van der Waals surface area contributed by atoms with Crippen molar-refractivity contribution in [1.29, 1.82) is 0 Å². The molecule has 2 aromatic heterocycles. The first-order chi connectivity index (χ1) is 14.0. The number of nitrogens with zero attached hydrogens (tertiary/aromatic N) is 7. The van der Waals surface area contributed by atoms with Gasteiger partial charge >= 0.3 is 0 Å². The first kappa shape index (κ1) is 20.4. The summed E-state index contributed by atoms with van der Waals surface area (Å²) >= 11 is 1.52. The van der Waals surface area contributed by atoms with E-state index >= 15 is 0 Å². The fourth-order valence-electron chi connectivity index (χ4n) is 4.66. The third kappa shape index (κ3) is 4.34. The van der Waals surface area contributed by atoms with Crippen molar-refractivity contribution in [2.45, 2.75) is 36.7 Å². The molecule has 2 aliphatic rings. The van der Waals surface area contributed by atoms with E-state index in [0.29, 0.717) is 17.7 Å². The van der Waals surface area contributed by atoms with Crippen LogP contribution in [0.1, 0.15) is 24.6 Å². The highest BCUT2D eigenvalue weighted by Crippen LogP contribution is 2.43. The molecule has 1 aliphatic heterocycles. The van der Waals surface area contributed by atoms with Gasteiger partial charge in [-0.3, -0.25) is 0 Å². The van der Waals surface area contributed by atoms with E-state index in [1.165, 1.54) is 11.8 Å². The number of thioether (sulfide) groups is 1. The van der Waals surface area contributed by atoms with Crippen LogP contribution in [0.15, 0.2) is 17.4 Å². The summed E-state index contributed by atoms with van der Waals surface area (Å²) in [6, 6.07) is 2.09. The Balaban J connectivity index is 1.50. The van der Waals surface area contributed by atoms with Crippen LogP contribution in [0.25, 0.3) is 0 Å². The molecule has 1 aliphatic carbocycles. The Labute approximate surface area is 176 Å². The van der Waals surface area contributed by atoms with Gasteiger partial charge in [0.1, 0.15) is 11.6 Å². The number of ether oxygens (including phenoxy) is 1. The second-order valence-electron chi connectivity index (χ2n) is 8.30. The molecule has 4 rings (SSSR count). The Hall–Kier alpha value is -1.91. The molecule has 0 radical (unpaired) electrons. The van der Waals surface area contributed by atoms with Gasteiger partial charge in [-0.25, -0.2) is 14.6 Å². The number of nitrogens with two attached hydrogens (primary N) is 1. The highest BCUT2D eigenvalue weighted by atomic mass is 32.2. The maximum absolute atomic E-state index is 5.99. The maximum Gasteiger partial charge on any atom is 0.191 e. The van der Waals surface area contributed by atoms with Crippen molar-refractivity contribution < 1.29 is 4.74 Å². The van der Waals surface area contributed by atoms with Gasteiger partial charge in [0.05, 0.1) is 24.0 Å². The van der Waals surface area contributed by atoms with E-state index in [1.54, 1.807) is 7.11 Å². The number of nitrogen functional groups attached to an aromatic ring is 1. The zero-order chi connectivity index (χ0) is 20.5. The molecule has 0 spiro atoms. The minimum atomic E-state index is 0.141. The van der Waals surface area contributed by atoms with E-state index in [0.717, 1.165) is 49.1 Å². The monoisotopic (exact) mass is 418 g/mol. The molecule has 2 N–H and O–H groups in total. The molecule has 0 unspecified atom stereocenters. The maximum atomic E-state index is 5.99. The lowest BCUT2D eigenvalue weighted by Crippen LogP contribution is -2.37. The third-order valence-corrected chi connectivity index (χ3v) is 6.53. The van der Waals surface area contributed by atoms with Crippen molar-refractivity contribution in [2.75, 3.05) is 51.2 Å². The van der Waals surface area contributed by atoms with Crippen molar-refractivity contribution in [3.05, 3.63) is 18.0 Å². The van der Waals surface area contributed by atoms with Gasteiger partial charge in [0.2, 0.25) is 0 Å². The number of hydrogen-bond donors (Lipinski definition) is 1. The van der Waals surface area contributed by atoms with E-state index in [-0.39, 0.29) is 12.1 Å². The second kappa shape index (κ2) is 8.45. The van der Waals surface area contributed by atoms with E-state index in [1.807, 2.05) is 31.1 Å². The van der Waals surface area contributed by atoms with Crippen LogP contribution in [0.5, 0.6) is 0 Å². The predicted octanol–water partition coefficient (Wildman–Crippen LogP) is 1.54. The van der Waals surface area contributed by atoms with Crippen molar-refractivity contribution in [1.82, 2.24) is 29.9 Å². The Morgan fingerprint density at radius 3 is 2.69 bits per heavy atom. The average molecular weight is 419 g/mol. The molecular weight excluding hydrogens is 388 g/mol. The van der Waals surface area contributed by atoms with Crippen LogP contribution in [-0.4, -0.2) is 76.5 Å². The summed E-state index contributed by atoms with van der Waals surface area (Å²) in [7, 11) is 5.88. The average Bonchev–Trinajstić information content (AvgIpc) is 3.32. The van der Waals surface area contributed by atoms with Crippen molar-refractivity contribution in [3.63, 3.8) is 0 Å². The number of aromatic nitrogens is 5. The zero-order valence-electron chi connectivity index (χ0n) is 17.5. The van der Waals surface area contributed by atoms with Crippen LogP contribution in [0.2, 0.25) is 0 Å². The number of methoxy groups -OCH3 is 1. The van der Waals surface area contributed by atoms with Crippen molar-refractivity contribution >= 4 is 23.4 Å². The number of hydrogen-bond acceptors (Lipinski definition) is 9. The van der Waals surface area contributed by atoms with Crippen LogP contribution in [-0.2, 0) is 11.3 Å². The molecule has 4 atom stereocenters. The fraction of sp³-hybridized carbons (Fsp3) is 0.684. The molecule has 0 bridgehead atoms.